The highest BCUT2D eigenvalue weighted by Crippen LogP contribution is 2.28. The van der Waals surface area contributed by atoms with Crippen LogP contribution in [0.2, 0.25) is 0 Å². The van der Waals surface area contributed by atoms with Crippen LogP contribution in [0, 0.1) is 17.7 Å². The number of amides is 2. The number of carbonyl (C=O) groups is 4. The van der Waals surface area contributed by atoms with E-state index in [9.17, 15) is 23.6 Å². The van der Waals surface area contributed by atoms with Gasteiger partial charge in [0.25, 0.3) is 5.91 Å². The summed E-state index contributed by atoms with van der Waals surface area (Å²) >= 11 is 0. The molecule has 44 heavy (non-hydrogen) atoms. The number of aryl methyl sites for hydroxylation is 1. The molecule has 0 radical (unpaired) electrons. The maximum absolute atomic E-state index is 13.8. The zero-order chi connectivity index (χ0) is 32.8. The van der Waals surface area contributed by atoms with Crippen molar-refractivity contribution in [1.82, 2.24) is 15.2 Å². The van der Waals surface area contributed by atoms with Gasteiger partial charge < -0.3 is 24.7 Å². The van der Waals surface area contributed by atoms with Gasteiger partial charge in [-0.1, -0.05) is 45.9 Å². The Labute approximate surface area is 258 Å². The lowest BCUT2D eigenvalue weighted by Crippen LogP contribution is -2.55. The van der Waals surface area contributed by atoms with Gasteiger partial charge in [-0.2, -0.15) is 0 Å². The van der Waals surface area contributed by atoms with Crippen LogP contribution in [0.3, 0.4) is 0 Å². The number of hydrogen-bond acceptors (Lipinski definition) is 6. The Kier molecular flexibility index (Phi) is 11.3. The fourth-order valence-corrected chi connectivity index (χ4v) is 4.96. The molecule has 0 aliphatic heterocycles. The molecule has 3 rings (SSSR count). The van der Waals surface area contributed by atoms with Gasteiger partial charge in [-0.15, -0.1) is 0 Å². The number of ketones is 1. The summed E-state index contributed by atoms with van der Waals surface area (Å²) in [5.41, 5.74) is 1.46. The number of nitrogens with one attached hydrogen (secondary N) is 2. The summed E-state index contributed by atoms with van der Waals surface area (Å²) in [6.07, 6.45) is 0.234. The number of halogens is 1. The number of para-hydroxylation sites is 1. The molecule has 2 amide bonds. The minimum atomic E-state index is -1.29. The van der Waals surface area contributed by atoms with Gasteiger partial charge in [0.15, 0.2) is 5.78 Å². The number of hydrogen-bond donors (Lipinski definition) is 2. The number of fused-ring (bicyclic) bond motifs is 1. The molecule has 0 spiro atoms. The van der Waals surface area contributed by atoms with Crippen LogP contribution in [0.15, 0.2) is 48.5 Å². The highest BCUT2D eigenvalue weighted by molar-refractivity contribution is 6.04. The van der Waals surface area contributed by atoms with Crippen molar-refractivity contribution >= 4 is 34.5 Å². The summed E-state index contributed by atoms with van der Waals surface area (Å²) in [7, 11) is 1.82. The SMILES string of the molecule is CC(C)Cc1c(C(=O)N[C@H](C(=O)NC(CC(=O)OC(C)(C)C)C(=O)COc2ccc(F)cc2)C(C)C)n(C)c2ccccc12. The van der Waals surface area contributed by atoms with Crippen LogP contribution in [-0.4, -0.2) is 52.4 Å². The lowest BCUT2D eigenvalue weighted by atomic mass is 9.98. The Morgan fingerprint density at radius 2 is 1.57 bits per heavy atom. The second kappa shape index (κ2) is 14.5. The number of aromatic nitrogens is 1. The fourth-order valence-electron chi connectivity index (χ4n) is 4.96. The van der Waals surface area contributed by atoms with Gasteiger partial charge in [0.1, 0.15) is 41.6 Å². The average Bonchev–Trinajstić information content (AvgIpc) is 3.20. The number of nitrogens with zero attached hydrogens (tertiary/aromatic N) is 1. The Balaban J connectivity index is 1.84. The Bertz CT molecular complexity index is 1490. The summed E-state index contributed by atoms with van der Waals surface area (Å²) < 4.78 is 26.0. The van der Waals surface area contributed by atoms with Crippen LogP contribution in [-0.2, 0) is 32.6 Å². The molecule has 0 bridgehead atoms. The summed E-state index contributed by atoms with van der Waals surface area (Å²) in [6.45, 7) is 12.3. The Hall–Kier alpha value is -4.21. The third-order valence-corrected chi connectivity index (χ3v) is 6.97. The van der Waals surface area contributed by atoms with Crippen molar-refractivity contribution in [2.45, 2.75) is 79.0 Å². The van der Waals surface area contributed by atoms with E-state index in [-0.39, 0.29) is 17.6 Å². The van der Waals surface area contributed by atoms with Crippen molar-refractivity contribution in [3.05, 3.63) is 65.6 Å². The summed E-state index contributed by atoms with van der Waals surface area (Å²) in [4.78, 5) is 53.4. The molecular weight excluding hydrogens is 565 g/mol. The minimum absolute atomic E-state index is 0.251. The first-order chi connectivity index (χ1) is 20.6. The van der Waals surface area contributed by atoms with Gasteiger partial charge in [0, 0.05) is 18.0 Å². The molecule has 0 saturated heterocycles. The van der Waals surface area contributed by atoms with Crippen LogP contribution in [0.25, 0.3) is 10.9 Å². The summed E-state index contributed by atoms with van der Waals surface area (Å²) in [5.74, 6) is -2.58. The molecule has 10 heteroatoms. The third kappa shape index (κ3) is 9.14. The maximum Gasteiger partial charge on any atom is 0.308 e. The largest absolute Gasteiger partial charge is 0.486 e. The van der Waals surface area contributed by atoms with Crippen molar-refractivity contribution in [2.24, 2.45) is 18.9 Å². The number of benzene rings is 2. The van der Waals surface area contributed by atoms with Crippen LogP contribution < -0.4 is 15.4 Å². The van der Waals surface area contributed by atoms with E-state index in [0.717, 1.165) is 16.5 Å². The molecule has 0 fully saturated rings. The summed E-state index contributed by atoms with van der Waals surface area (Å²) in [6, 6.07) is 10.6. The molecule has 1 aromatic heterocycles. The van der Waals surface area contributed by atoms with Gasteiger partial charge in [0.05, 0.1) is 6.42 Å². The van der Waals surface area contributed by atoms with Crippen LogP contribution in [0.1, 0.15) is 70.9 Å². The normalized spacial score (nSPS) is 13.1. The second-order valence-corrected chi connectivity index (χ2v) is 12.8. The van der Waals surface area contributed by atoms with E-state index >= 15 is 0 Å². The van der Waals surface area contributed by atoms with Gasteiger partial charge >= 0.3 is 5.97 Å². The molecule has 2 aromatic carbocycles. The quantitative estimate of drug-likeness (QED) is 0.260. The van der Waals surface area contributed by atoms with Crippen LogP contribution in [0.5, 0.6) is 5.75 Å². The zero-order valence-corrected chi connectivity index (χ0v) is 26.8. The molecule has 9 nitrogen and oxygen atoms in total. The first kappa shape index (κ1) is 34.3. The van der Waals surface area contributed by atoms with E-state index in [1.54, 1.807) is 34.6 Å². The van der Waals surface area contributed by atoms with Crippen molar-refractivity contribution in [3.8, 4) is 5.75 Å². The predicted octanol–water partition coefficient (Wildman–Crippen LogP) is 5.14. The monoisotopic (exact) mass is 609 g/mol. The lowest BCUT2D eigenvalue weighted by Gasteiger charge is -2.26. The van der Waals surface area contributed by atoms with Crippen molar-refractivity contribution < 1.29 is 33.0 Å². The highest BCUT2D eigenvalue weighted by Gasteiger charge is 2.33. The van der Waals surface area contributed by atoms with Crippen LogP contribution in [0.4, 0.5) is 4.39 Å². The highest BCUT2D eigenvalue weighted by atomic mass is 19.1. The first-order valence-electron chi connectivity index (χ1n) is 14.9. The lowest BCUT2D eigenvalue weighted by molar-refractivity contribution is -0.156. The minimum Gasteiger partial charge on any atom is -0.486 e. The molecule has 0 saturated carbocycles. The molecule has 1 heterocycles. The fraction of sp³-hybridized carbons (Fsp3) is 0.471. The molecule has 3 aromatic rings. The number of carbonyl (C=O) groups excluding carboxylic acids is 4. The standard InChI is InChI=1S/C34H44FN3O6/c1-20(2)17-25-24-11-9-10-12-27(24)38(8)31(25)33(42)37-30(21(3)4)32(41)36-26(18-29(40)44-34(5,6)7)28(39)19-43-23-15-13-22(35)14-16-23/h9-16,20-21,26,30H,17-19H2,1-8H3,(H,36,41)(H,37,42)/t26?,30-/m0/s1. The molecule has 0 aliphatic rings. The van der Waals surface area contributed by atoms with Crippen molar-refractivity contribution in [3.63, 3.8) is 0 Å². The average molecular weight is 610 g/mol. The predicted molar refractivity (Wildman–Crippen MR) is 167 cm³/mol. The van der Waals surface area contributed by atoms with E-state index in [0.29, 0.717) is 12.1 Å². The summed E-state index contributed by atoms with van der Waals surface area (Å²) in [5, 5.41) is 6.51. The number of ether oxygens (including phenoxy) is 2. The topological polar surface area (TPSA) is 116 Å². The van der Waals surface area contributed by atoms with E-state index < -0.39 is 60.1 Å². The molecule has 2 N–H and O–H groups in total. The van der Waals surface area contributed by atoms with Gasteiger partial charge in [-0.05, 0) is 74.9 Å². The number of esters is 1. The van der Waals surface area contributed by atoms with E-state index in [1.807, 2.05) is 35.9 Å². The first-order valence-corrected chi connectivity index (χ1v) is 14.9. The zero-order valence-electron chi connectivity index (χ0n) is 26.8. The second-order valence-electron chi connectivity index (χ2n) is 12.8. The third-order valence-electron chi connectivity index (χ3n) is 6.97. The maximum atomic E-state index is 13.8. The smallest absolute Gasteiger partial charge is 0.308 e. The molecule has 238 valence electrons. The molecule has 2 atom stereocenters. The number of Topliss-reactive ketones (excluding diaryl/α,β-unsaturated/α-hetero) is 1. The van der Waals surface area contributed by atoms with E-state index in [2.05, 4.69) is 24.5 Å². The molecular formula is C34H44FN3O6. The van der Waals surface area contributed by atoms with E-state index in [4.69, 9.17) is 9.47 Å². The van der Waals surface area contributed by atoms with Crippen molar-refractivity contribution in [2.75, 3.05) is 6.61 Å². The number of rotatable bonds is 13. The van der Waals surface area contributed by atoms with E-state index in [1.165, 1.54) is 24.3 Å². The van der Waals surface area contributed by atoms with Crippen LogP contribution >= 0.6 is 0 Å². The van der Waals surface area contributed by atoms with Gasteiger partial charge in [0.2, 0.25) is 5.91 Å². The molecule has 1 unspecified atom stereocenters. The Morgan fingerprint density at radius 3 is 2.16 bits per heavy atom. The van der Waals surface area contributed by atoms with Gasteiger partial charge in [-0.3, -0.25) is 19.2 Å². The molecule has 0 aliphatic carbocycles. The Morgan fingerprint density at radius 1 is 0.932 bits per heavy atom. The van der Waals surface area contributed by atoms with Gasteiger partial charge in [-0.25, -0.2) is 4.39 Å². The van der Waals surface area contributed by atoms with Crippen molar-refractivity contribution in [1.29, 1.82) is 0 Å².